The monoisotopic (exact) mass is 516 g/mol. The molecule has 0 unspecified atom stereocenters. The highest BCUT2D eigenvalue weighted by Crippen LogP contribution is 2.35. The lowest BCUT2D eigenvalue weighted by Gasteiger charge is -2.13. The van der Waals surface area contributed by atoms with Gasteiger partial charge < -0.3 is 4.57 Å². The first kappa shape index (κ1) is 24.5. The number of rotatable bonds is 8. The Labute approximate surface area is 218 Å². The predicted molar refractivity (Wildman–Crippen MR) is 146 cm³/mol. The first-order valence-corrected chi connectivity index (χ1v) is 13.7. The topological polar surface area (TPSA) is 98.1 Å². The van der Waals surface area contributed by atoms with Crippen molar-refractivity contribution < 1.29 is 0 Å². The summed E-state index contributed by atoms with van der Waals surface area (Å²) in [5, 5.41) is 26.3. The third kappa shape index (κ3) is 5.01. The minimum absolute atomic E-state index is 0.397. The quantitative estimate of drug-likeness (QED) is 0.250. The van der Waals surface area contributed by atoms with E-state index in [2.05, 4.69) is 100 Å². The first-order valence-electron chi connectivity index (χ1n) is 11.9. The van der Waals surface area contributed by atoms with E-state index in [1.807, 2.05) is 18.2 Å². The van der Waals surface area contributed by atoms with Crippen LogP contribution in [0.2, 0.25) is 0 Å². The summed E-state index contributed by atoms with van der Waals surface area (Å²) in [7, 11) is 0. The van der Waals surface area contributed by atoms with Crippen LogP contribution < -0.4 is 0 Å². The molecule has 0 saturated carbocycles. The maximum Gasteiger partial charge on any atom is 0.205 e. The van der Waals surface area contributed by atoms with Gasteiger partial charge in [0.15, 0.2) is 0 Å². The summed E-state index contributed by atoms with van der Waals surface area (Å²) >= 11 is 3.44. The van der Waals surface area contributed by atoms with Crippen molar-refractivity contribution in [3.63, 3.8) is 0 Å². The molecular formula is C26H28N8S2. The van der Waals surface area contributed by atoms with E-state index in [-0.39, 0.29) is 0 Å². The third-order valence-corrected chi connectivity index (χ3v) is 7.55. The van der Waals surface area contributed by atoms with Gasteiger partial charge in [-0.2, -0.15) is 5.21 Å². The number of aromatic amines is 1. The van der Waals surface area contributed by atoms with Crippen LogP contribution in [0.1, 0.15) is 39.1 Å². The highest BCUT2D eigenvalue weighted by Gasteiger charge is 2.20. The number of tetrazole rings is 1. The van der Waals surface area contributed by atoms with Crippen LogP contribution in [0.25, 0.3) is 33.5 Å². The molecule has 0 aliphatic carbocycles. The van der Waals surface area contributed by atoms with Gasteiger partial charge in [-0.3, -0.25) is 0 Å². The Kier molecular flexibility index (Phi) is 7.06. The van der Waals surface area contributed by atoms with Gasteiger partial charge in [0, 0.05) is 22.6 Å². The van der Waals surface area contributed by atoms with Crippen molar-refractivity contribution in [3.05, 3.63) is 59.9 Å². The van der Waals surface area contributed by atoms with Crippen molar-refractivity contribution in [2.24, 2.45) is 0 Å². The summed E-state index contributed by atoms with van der Waals surface area (Å²) in [5.74, 6) is 1.55. The second kappa shape index (κ2) is 10.4. The molecule has 0 spiro atoms. The molecule has 3 heterocycles. The van der Waals surface area contributed by atoms with E-state index in [4.69, 9.17) is 4.98 Å². The van der Waals surface area contributed by atoms with Crippen molar-refractivity contribution in [3.8, 4) is 22.5 Å². The lowest BCUT2D eigenvalue weighted by molar-refractivity contribution is 0.770. The van der Waals surface area contributed by atoms with Gasteiger partial charge in [0.2, 0.25) is 5.82 Å². The lowest BCUT2D eigenvalue weighted by Crippen LogP contribution is -2.05. The molecule has 184 valence electrons. The van der Waals surface area contributed by atoms with Crippen molar-refractivity contribution in [1.29, 1.82) is 0 Å². The van der Waals surface area contributed by atoms with E-state index in [9.17, 15) is 0 Å². The molecule has 0 bridgehead atoms. The van der Waals surface area contributed by atoms with Crippen LogP contribution in [-0.4, -0.2) is 50.9 Å². The molecule has 0 radical (unpaired) electrons. The van der Waals surface area contributed by atoms with Crippen LogP contribution in [0.15, 0.2) is 58.6 Å². The molecule has 8 nitrogen and oxygen atoms in total. The van der Waals surface area contributed by atoms with Crippen molar-refractivity contribution in [2.45, 2.75) is 61.7 Å². The molecule has 36 heavy (non-hydrogen) atoms. The number of nitrogens with one attached hydrogen (secondary N) is 1. The van der Waals surface area contributed by atoms with E-state index in [0.717, 1.165) is 43.6 Å². The van der Waals surface area contributed by atoms with Gasteiger partial charge in [-0.25, -0.2) is 4.98 Å². The molecular weight excluding hydrogens is 488 g/mol. The zero-order valence-corrected chi connectivity index (χ0v) is 22.6. The van der Waals surface area contributed by atoms with E-state index in [1.165, 1.54) is 5.56 Å². The van der Waals surface area contributed by atoms with Gasteiger partial charge in [-0.1, -0.05) is 99.7 Å². The zero-order chi connectivity index (χ0) is 25.2. The molecule has 5 rings (SSSR count). The second-order valence-corrected chi connectivity index (χ2v) is 12.2. The molecule has 0 aliphatic rings. The Bertz CT molecular complexity index is 1470. The lowest BCUT2D eigenvalue weighted by atomic mass is 9.98. The SMILES string of the molecule is Cc1nc2c(SC(C)C)nnc(SC(C)C)c2n1Cc1ccc(-c2ccccc2-c2nn[nH]n2)cc1. The Morgan fingerprint density at radius 2 is 1.50 bits per heavy atom. The standard InChI is InChI=1S/C26H28N8S2/c1-15(2)35-25-22-23(26(31-30-25)36-16(3)4)34(17(5)27-22)14-18-10-12-19(13-11-18)20-8-6-7-9-21(20)24-28-32-33-29-24/h6-13,15-16H,14H2,1-5H3,(H,28,29,32,33). The van der Waals surface area contributed by atoms with Gasteiger partial charge in [0.1, 0.15) is 26.9 Å². The molecule has 3 aromatic heterocycles. The number of aryl methyl sites for hydroxylation is 1. The summed E-state index contributed by atoms with van der Waals surface area (Å²) in [6.45, 7) is 11.4. The van der Waals surface area contributed by atoms with E-state index >= 15 is 0 Å². The molecule has 5 aromatic rings. The van der Waals surface area contributed by atoms with Crippen LogP contribution in [0.5, 0.6) is 0 Å². The number of aromatic nitrogens is 8. The number of H-pyrrole nitrogens is 1. The van der Waals surface area contributed by atoms with Gasteiger partial charge in [-0.15, -0.1) is 20.4 Å². The highest BCUT2D eigenvalue weighted by molar-refractivity contribution is 8.00. The smallest absolute Gasteiger partial charge is 0.205 e. The normalized spacial score (nSPS) is 11.8. The van der Waals surface area contributed by atoms with Crippen LogP contribution in [0.3, 0.4) is 0 Å². The Balaban J connectivity index is 1.51. The van der Waals surface area contributed by atoms with Crippen LogP contribution in [0.4, 0.5) is 0 Å². The summed E-state index contributed by atoms with van der Waals surface area (Å²) < 4.78 is 2.27. The maximum atomic E-state index is 4.94. The van der Waals surface area contributed by atoms with Crippen molar-refractivity contribution in [2.75, 3.05) is 0 Å². The molecule has 2 aromatic carbocycles. The number of hydrogen-bond acceptors (Lipinski definition) is 8. The molecule has 10 heteroatoms. The summed E-state index contributed by atoms with van der Waals surface area (Å²) in [6, 6.07) is 16.7. The van der Waals surface area contributed by atoms with Gasteiger partial charge in [0.25, 0.3) is 0 Å². The fourth-order valence-electron chi connectivity index (χ4n) is 4.09. The summed E-state index contributed by atoms with van der Waals surface area (Å²) in [4.78, 5) is 4.94. The molecule has 0 aliphatic heterocycles. The van der Waals surface area contributed by atoms with Crippen LogP contribution >= 0.6 is 23.5 Å². The molecule has 0 saturated heterocycles. The Morgan fingerprint density at radius 1 is 0.833 bits per heavy atom. The number of hydrogen-bond donors (Lipinski definition) is 1. The van der Waals surface area contributed by atoms with Crippen molar-refractivity contribution in [1.82, 2.24) is 40.4 Å². The average molecular weight is 517 g/mol. The molecule has 0 atom stereocenters. The minimum Gasteiger partial charge on any atom is -0.321 e. The fraction of sp³-hybridized carbons (Fsp3) is 0.308. The molecule has 0 amide bonds. The summed E-state index contributed by atoms with van der Waals surface area (Å²) in [5.41, 5.74) is 6.30. The number of nitrogens with zero attached hydrogens (tertiary/aromatic N) is 7. The maximum absolute atomic E-state index is 4.94. The number of imidazole rings is 1. The Morgan fingerprint density at radius 3 is 2.17 bits per heavy atom. The summed E-state index contributed by atoms with van der Waals surface area (Å²) in [6.07, 6.45) is 0. The van der Waals surface area contributed by atoms with Crippen LogP contribution in [0, 0.1) is 6.92 Å². The average Bonchev–Trinajstić information content (AvgIpc) is 3.50. The Hall–Kier alpha value is -3.24. The zero-order valence-electron chi connectivity index (χ0n) is 20.9. The highest BCUT2D eigenvalue weighted by atomic mass is 32.2. The molecule has 0 fully saturated rings. The van der Waals surface area contributed by atoms with E-state index < -0.39 is 0 Å². The van der Waals surface area contributed by atoms with E-state index in [0.29, 0.717) is 22.9 Å². The second-order valence-electron chi connectivity index (χ2n) is 9.06. The van der Waals surface area contributed by atoms with Gasteiger partial charge in [0.05, 0.1) is 0 Å². The van der Waals surface area contributed by atoms with Gasteiger partial charge >= 0.3 is 0 Å². The number of benzene rings is 2. The fourth-order valence-corrected chi connectivity index (χ4v) is 5.73. The van der Waals surface area contributed by atoms with Crippen LogP contribution in [-0.2, 0) is 6.54 Å². The minimum atomic E-state index is 0.397. The predicted octanol–water partition coefficient (Wildman–Crippen LogP) is 6.03. The van der Waals surface area contributed by atoms with Gasteiger partial charge in [-0.05, 0) is 28.8 Å². The number of thioether (sulfide) groups is 2. The molecule has 1 N–H and O–H groups in total. The largest absolute Gasteiger partial charge is 0.321 e. The number of fused-ring (bicyclic) bond motifs is 1. The van der Waals surface area contributed by atoms with E-state index in [1.54, 1.807) is 23.5 Å². The third-order valence-electron chi connectivity index (χ3n) is 5.61. The van der Waals surface area contributed by atoms with Crippen molar-refractivity contribution >= 4 is 34.6 Å². The first-order chi connectivity index (χ1) is 17.4.